The zero-order chi connectivity index (χ0) is 20.4. The molecule has 1 saturated heterocycles. The zero-order valence-corrected chi connectivity index (χ0v) is 15.9. The molecular weight excluding hydrogens is 382 g/mol. The lowest BCUT2D eigenvalue weighted by atomic mass is 9.61. The molecule has 152 valence electrons. The van der Waals surface area contributed by atoms with E-state index in [1.165, 1.54) is 15.4 Å². The number of carbonyl (C=O) groups excluding carboxylic acids is 1. The number of likely N-dealkylation sites (tertiary alicyclic amines) is 1. The molecule has 5 rings (SSSR count). The second-order valence-corrected chi connectivity index (χ2v) is 8.17. The minimum atomic E-state index is -2.55. The van der Waals surface area contributed by atoms with Gasteiger partial charge in [0.15, 0.2) is 0 Å². The fourth-order valence-corrected chi connectivity index (χ4v) is 4.61. The van der Waals surface area contributed by atoms with Gasteiger partial charge in [-0.2, -0.15) is 5.10 Å². The molecule has 1 aliphatic carbocycles. The van der Waals surface area contributed by atoms with Crippen LogP contribution < -0.4 is 5.56 Å². The minimum absolute atomic E-state index is 0.0695. The largest absolute Gasteiger partial charge is 0.339 e. The molecule has 0 aromatic carbocycles. The number of piperidine rings is 1. The van der Waals surface area contributed by atoms with Crippen LogP contribution in [0.2, 0.25) is 0 Å². The van der Waals surface area contributed by atoms with Crippen molar-refractivity contribution in [1.29, 1.82) is 0 Å². The first-order valence-corrected chi connectivity index (χ1v) is 9.57. The van der Waals surface area contributed by atoms with E-state index in [1.54, 1.807) is 30.2 Å². The first kappa shape index (κ1) is 18.0. The molecule has 1 N–H and O–H groups in total. The van der Waals surface area contributed by atoms with E-state index in [4.69, 9.17) is 0 Å². The van der Waals surface area contributed by atoms with Crippen molar-refractivity contribution in [3.8, 4) is 5.95 Å². The summed E-state index contributed by atoms with van der Waals surface area (Å²) in [6.45, 7) is 2.66. The smallest absolute Gasteiger partial charge is 0.276 e. The summed E-state index contributed by atoms with van der Waals surface area (Å²) >= 11 is 0. The molecule has 0 atom stereocenters. The summed E-state index contributed by atoms with van der Waals surface area (Å²) in [6, 6.07) is 3.37. The summed E-state index contributed by atoms with van der Waals surface area (Å²) in [5.41, 5.74) is 0.769. The van der Waals surface area contributed by atoms with Crippen LogP contribution in [0.3, 0.4) is 0 Å². The summed E-state index contributed by atoms with van der Waals surface area (Å²) in [4.78, 5) is 29.5. The molecule has 0 radical (unpaired) electrons. The molecule has 2 fully saturated rings. The van der Waals surface area contributed by atoms with Gasteiger partial charge in [-0.1, -0.05) is 0 Å². The average Bonchev–Trinajstić information content (AvgIpc) is 3.27. The van der Waals surface area contributed by atoms with Crippen molar-refractivity contribution in [1.82, 2.24) is 29.3 Å². The van der Waals surface area contributed by atoms with Gasteiger partial charge in [-0.3, -0.25) is 14.6 Å². The van der Waals surface area contributed by atoms with Crippen LogP contribution in [0.1, 0.15) is 41.7 Å². The number of H-pyrrole nitrogens is 1. The van der Waals surface area contributed by atoms with Crippen LogP contribution in [-0.2, 0) is 0 Å². The number of rotatable bonds is 2. The number of halogens is 2. The van der Waals surface area contributed by atoms with Crippen molar-refractivity contribution in [3.05, 3.63) is 46.1 Å². The predicted octanol–water partition coefficient (Wildman–Crippen LogP) is 2.17. The molecule has 1 amide bonds. The van der Waals surface area contributed by atoms with Crippen LogP contribution >= 0.6 is 0 Å². The van der Waals surface area contributed by atoms with Gasteiger partial charge in [0.25, 0.3) is 11.5 Å². The molecule has 1 spiro atoms. The van der Waals surface area contributed by atoms with Crippen LogP contribution in [0.15, 0.2) is 29.3 Å². The van der Waals surface area contributed by atoms with E-state index in [0.29, 0.717) is 42.7 Å². The number of nitrogens with zero attached hydrogens (tertiary/aromatic N) is 5. The Kier molecular flexibility index (Phi) is 3.71. The monoisotopic (exact) mass is 402 g/mol. The first-order valence-electron chi connectivity index (χ1n) is 9.57. The number of alkyl halides is 2. The van der Waals surface area contributed by atoms with E-state index in [2.05, 4.69) is 15.2 Å². The van der Waals surface area contributed by atoms with Gasteiger partial charge >= 0.3 is 0 Å². The second-order valence-electron chi connectivity index (χ2n) is 8.17. The summed E-state index contributed by atoms with van der Waals surface area (Å²) in [6.07, 6.45) is 4.17. The molecule has 4 heterocycles. The Morgan fingerprint density at radius 3 is 2.66 bits per heavy atom. The van der Waals surface area contributed by atoms with Gasteiger partial charge in [0.1, 0.15) is 5.52 Å². The second kappa shape index (κ2) is 5.98. The lowest BCUT2D eigenvalue weighted by molar-refractivity contribution is -0.175. The van der Waals surface area contributed by atoms with Crippen LogP contribution in [0.5, 0.6) is 0 Å². The highest BCUT2D eigenvalue weighted by Gasteiger charge is 2.57. The van der Waals surface area contributed by atoms with Crippen LogP contribution in [0, 0.1) is 12.3 Å². The standard InChI is InChI=1S/C19H20F2N6O2/c1-12-13(16(29)25-7-4-18(5-8-25)10-19(20,21)11-18)9-22-27(12)17-23-15(28)14-3-2-6-26(14)24-17/h2-3,6,9H,4-5,7-8,10-11H2,1H3,(H,23,24,28). The van der Waals surface area contributed by atoms with E-state index in [0.717, 1.165) is 0 Å². The minimum Gasteiger partial charge on any atom is -0.339 e. The highest BCUT2D eigenvalue weighted by Crippen LogP contribution is 2.57. The molecule has 2 aliphatic rings. The van der Waals surface area contributed by atoms with E-state index >= 15 is 0 Å². The van der Waals surface area contributed by atoms with Gasteiger partial charge in [0.2, 0.25) is 11.9 Å². The number of amides is 1. The Morgan fingerprint density at radius 1 is 1.24 bits per heavy atom. The van der Waals surface area contributed by atoms with E-state index in [1.807, 2.05) is 0 Å². The quantitative estimate of drug-likeness (QED) is 0.712. The SMILES string of the molecule is Cc1c(C(=O)N2CCC3(CC2)CC(F)(F)C3)cnn1-c1nn2cccc2c(=O)[nH]1. The molecule has 0 bridgehead atoms. The zero-order valence-electron chi connectivity index (χ0n) is 15.9. The molecule has 1 aliphatic heterocycles. The van der Waals surface area contributed by atoms with Gasteiger partial charge in [-0.25, -0.2) is 18.0 Å². The Balaban J connectivity index is 1.37. The van der Waals surface area contributed by atoms with Crippen molar-refractivity contribution in [2.45, 2.75) is 38.5 Å². The number of nitrogens with one attached hydrogen (secondary N) is 1. The predicted molar refractivity (Wildman–Crippen MR) is 99.4 cm³/mol. The van der Waals surface area contributed by atoms with Gasteiger partial charge in [-0.05, 0) is 37.3 Å². The third kappa shape index (κ3) is 2.85. The maximum atomic E-state index is 13.3. The summed E-state index contributed by atoms with van der Waals surface area (Å²) in [5.74, 6) is -2.52. The van der Waals surface area contributed by atoms with Crippen LogP contribution in [-0.4, -0.2) is 54.2 Å². The molecule has 1 saturated carbocycles. The topological polar surface area (TPSA) is 88.3 Å². The maximum Gasteiger partial charge on any atom is 0.276 e. The molecule has 8 nitrogen and oxygen atoms in total. The van der Waals surface area contributed by atoms with Crippen LogP contribution in [0.25, 0.3) is 11.5 Å². The lowest BCUT2D eigenvalue weighted by Crippen LogP contribution is -2.53. The number of hydrogen-bond donors (Lipinski definition) is 1. The Morgan fingerprint density at radius 2 is 1.97 bits per heavy atom. The summed E-state index contributed by atoms with van der Waals surface area (Å²) in [5, 5.41) is 8.56. The Labute approximate surface area is 164 Å². The van der Waals surface area contributed by atoms with E-state index in [9.17, 15) is 18.4 Å². The number of hydrogen-bond acceptors (Lipinski definition) is 4. The third-order valence-corrected chi connectivity index (χ3v) is 6.21. The molecule has 3 aromatic rings. The average molecular weight is 402 g/mol. The van der Waals surface area contributed by atoms with E-state index < -0.39 is 5.92 Å². The summed E-state index contributed by atoms with van der Waals surface area (Å²) in [7, 11) is 0. The molecule has 29 heavy (non-hydrogen) atoms. The van der Waals surface area contributed by atoms with Crippen molar-refractivity contribution in [2.24, 2.45) is 5.41 Å². The number of aromatic nitrogens is 5. The number of aromatic amines is 1. The molecular formula is C19H20F2N6O2. The van der Waals surface area contributed by atoms with Gasteiger partial charge < -0.3 is 4.90 Å². The number of carbonyl (C=O) groups is 1. The molecule has 0 unspecified atom stereocenters. The third-order valence-electron chi connectivity index (χ3n) is 6.21. The normalized spacial score (nSPS) is 20.2. The highest BCUT2D eigenvalue weighted by atomic mass is 19.3. The number of fused-ring (bicyclic) bond motifs is 1. The fraction of sp³-hybridized carbons (Fsp3) is 0.474. The first-order chi connectivity index (χ1) is 13.8. The van der Waals surface area contributed by atoms with Crippen molar-refractivity contribution < 1.29 is 13.6 Å². The van der Waals surface area contributed by atoms with Crippen LogP contribution in [0.4, 0.5) is 8.78 Å². The maximum absolute atomic E-state index is 13.3. The van der Waals surface area contributed by atoms with Gasteiger partial charge in [0, 0.05) is 32.1 Å². The van der Waals surface area contributed by atoms with Gasteiger partial charge in [-0.15, -0.1) is 5.10 Å². The van der Waals surface area contributed by atoms with Crippen molar-refractivity contribution >= 4 is 11.4 Å². The van der Waals surface area contributed by atoms with E-state index in [-0.39, 0.29) is 35.7 Å². The molecule has 10 heteroatoms. The highest BCUT2D eigenvalue weighted by molar-refractivity contribution is 5.95. The summed E-state index contributed by atoms with van der Waals surface area (Å²) < 4.78 is 29.4. The van der Waals surface area contributed by atoms with Gasteiger partial charge in [0.05, 0.1) is 17.5 Å². The Hall–Kier alpha value is -3.04. The fourth-order valence-electron chi connectivity index (χ4n) is 4.61. The Bertz CT molecular complexity index is 1160. The molecule has 3 aromatic heterocycles. The van der Waals surface area contributed by atoms with Crippen molar-refractivity contribution in [3.63, 3.8) is 0 Å². The lowest BCUT2D eigenvalue weighted by Gasteiger charge is -2.51. The van der Waals surface area contributed by atoms with Crippen molar-refractivity contribution in [2.75, 3.05) is 13.1 Å².